The van der Waals surface area contributed by atoms with Crippen molar-refractivity contribution in [1.82, 2.24) is 0 Å². The molecule has 1 saturated heterocycles. The summed E-state index contributed by atoms with van der Waals surface area (Å²) in [5, 5.41) is 0. The number of rotatable bonds is 3. The van der Waals surface area contributed by atoms with Gasteiger partial charge in [-0.2, -0.15) is 0 Å². The third-order valence-corrected chi connectivity index (χ3v) is 4.23. The first-order chi connectivity index (χ1) is 8.61. The van der Waals surface area contributed by atoms with Crippen LogP contribution >= 0.6 is 28.1 Å². The molecule has 98 valence electrons. The second kappa shape index (κ2) is 5.99. The zero-order valence-electron chi connectivity index (χ0n) is 10.4. The molecule has 0 amide bonds. The van der Waals surface area contributed by atoms with Gasteiger partial charge in [-0.15, -0.1) is 0 Å². The van der Waals surface area contributed by atoms with Crippen LogP contribution in [0.2, 0.25) is 0 Å². The van der Waals surface area contributed by atoms with Gasteiger partial charge in [0, 0.05) is 35.9 Å². The second-order valence-electron chi connectivity index (χ2n) is 4.45. The Morgan fingerprint density at radius 1 is 1.44 bits per heavy atom. The second-order valence-corrected chi connectivity index (χ2v) is 5.74. The van der Waals surface area contributed by atoms with E-state index < -0.39 is 0 Å². The maximum absolute atomic E-state index is 5.65. The molecule has 0 spiro atoms. The number of hydrogen-bond acceptors (Lipinski definition) is 3. The van der Waals surface area contributed by atoms with Crippen LogP contribution in [0.3, 0.4) is 0 Å². The van der Waals surface area contributed by atoms with E-state index in [0.717, 1.165) is 36.0 Å². The van der Waals surface area contributed by atoms with Crippen molar-refractivity contribution >= 4 is 38.8 Å². The van der Waals surface area contributed by atoms with E-state index in [1.165, 1.54) is 5.69 Å². The first kappa shape index (κ1) is 13.8. The summed E-state index contributed by atoms with van der Waals surface area (Å²) in [4.78, 5) is 2.79. The van der Waals surface area contributed by atoms with E-state index in [1.807, 2.05) is 6.07 Å². The van der Waals surface area contributed by atoms with Crippen molar-refractivity contribution in [2.24, 2.45) is 5.73 Å². The molecule has 0 atom stereocenters. The van der Waals surface area contributed by atoms with Crippen LogP contribution in [-0.2, 0) is 4.74 Å². The molecular weight excluding hydrogens is 312 g/mol. The SMILES string of the molecule is COC1CCN(c2ccc(C(N)=S)c(Br)c2)CC1. The summed E-state index contributed by atoms with van der Waals surface area (Å²) in [5.74, 6) is 0. The molecule has 2 rings (SSSR count). The van der Waals surface area contributed by atoms with Gasteiger partial charge >= 0.3 is 0 Å². The standard InChI is InChI=1S/C13H17BrN2OS/c1-17-10-4-6-16(7-5-10)9-2-3-11(13(15)18)12(14)8-9/h2-3,8,10H,4-7H2,1H3,(H2,15,18). The van der Waals surface area contributed by atoms with Gasteiger partial charge < -0.3 is 15.4 Å². The Kier molecular flexibility index (Phi) is 4.59. The van der Waals surface area contributed by atoms with Gasteiger partial charge in [0.2, 0.25) is 0 Å². The number of anilines is 1. The van der Waals surface area contributed by atoms with Crippen LogP contribution < -0.4 is 10.6 Å². The van der Waals surface area contributed by atoms with Crippen molar-refractivity contribution in [2.45, 2.75) is 18.9 Å². The van der Waals surface area contributed by atoms with Crippen LogP contribution in [0, 0.1) is 0 Å². The molecule has 0 bridgehead atoms. The molecule has 1 aromatic rings. The predicted octanol–water partition coefficient (Wildman–Crippen LogP) is 2.70. The number of ether oxygens (including phenoxy) is 1. The highest BCUT2D eigenvalue weighted by Crippen LogP contribution is 2.26. The fourth-order valence-corrected chi connectivity index (χ4v) is 3.14. The number of piperidine rings is 1. The lowest BCUT2D eigenvalue weighted by Gasteiger charge is -2.33. The summed E-state index contributed by atoms with van der Waals surface area (Å²) in [6.07, 6.45) is 2.55. The van der Waals surface area contributed by atoms with E-state index in [-0.39, 0.29) is 0 Å². The van der Waals surface area contributed by atoms with Crippen molar-refractivity contribution in [3.05, 3.63) is 28.2 Å². The normalized spacial score (nSPS) is 16.9. The molecule has 3 nitrogen and oxygen atoms in total. The van der Waals surface area contributed by atoms with Gasteiger partial charge in [0.1, 0.15) is 4.99 Å². The molecule has 0 radical (unpaired) electrons. The summed E-state index contributed by atoms with van der Waals surface area (Å²) in [7, 11) is 1.79. The van der Waals surface area contributed by atoms with E-state index in [2.05, 4.69) is 33.0 Å². The Hall–Kier alpha value is -0.650. The molecular formula is C13H17BrN2OS. The maximum Gasteiger partial charge on any atom is 0.105 e. The molecule has 0 aromatic heterocycles. The van der Waals surface area contributed by atoms with Gasteiger partial charge in [-0.1, -0.05) is 12.2 Å². The number of halogens is 1. The summed E-state index contributed by atoms with van der Waals surface area (Å²) in [5.41, 5.74) is 7.75. The zero-order chi connectivity index (χ0) is 13.1. The van der Waals surface area contributed by atoms with Gasteiger partial charge in [-0.3, -0.25) is 0 Å². The highest BCUT2D eigenvalue weighted by atomic mass is 79.9. The largest absolute Gasteiger partial charge is 0.389 e. The number of methoxy groups -OCH3 is 1. The number of benzene rings is 1. The van der Waals surface area contributed by atoms with Gasteiger partial charge in [0.15, 0.2) is 0 Å². The third-order valence-electron chi connectivity index (χ3n) is 3.36. The van der Waals surface area contributed by atoms with Crippen LogP contribution in [0.5, 0.6) is 0 Å². The van der Waals surface area contributed by atoms with E-state index >= 15 is 0 Å². The van der Waals surface area contributed by atoms with E-state index in [0.29, 0.717) is 11.1 Å². The van der Waals surface area contributed by atoms with Crippen molar-refractivity contribution in [2.75, 3.05) is 25.1 Å². The van der Waals surface area contributed by atoms with Crippen molar-refractivity contribution in [3.8, 4) is 0 Å². The van der Waals surface area contributed by atoms with Crippen molar-refractivity contribution in [1.29, 1.82) is 0 Å². The van der Waals surface area contributed by atoms with Crippen LogP contribution in [-0.4, -0.2) is 31.3 Å². The molecule has 1 aliphatic heterocycles. The molecule has 0 saturated carbocycles. The first-order valence-electron chi connectivity index (χ1n) is 5.99. The number of nitrogens with zero attached hydrogens (tertiary/aromatic N) is 1. The van der Waals surface area contributed by atoms with Gasteiger partial charge in [-0.05, 0) is 47.0 Å². The Balaban J connectivity index is 2.11. The zero-order valence-corrected chi connectivity index (χ0v) is 12.8. The minimum absolute atomic E-state index is 0.403. The molecule has 18 heavy (non-hydrogen) atoms. The van der Waals surface area contributed by atoms with Gasteiger partial charge in [0.05, 0.1) is 6.10 Å². The van der Waals surface area contributed by atoms with E-state index in [4.69, 9.17) is 22.7 Å². The average molecular weight is 329 g/mol. The van der Waals surface area contributed by atoms with Gasteiger partial charge in [-0.25, -0.2) is 0 Å². The quantitative estimate of drug-likeness (QED) is 0.866. The number of thiocarbonyl (C=S) groups is 1. The Labute approximate surface area is 121 Å². The Morgan fingerprint density at radius 2 is 2.11 bits per heavy atom. The van der Waals surface area contributed by atoms with Crippen molar-refractivity contribution in [3.63, 3.8) is 0 Å². The molecule has 1 fully saturated rings. The minimum Gasteiger partial charge on any atom is -0.389 e. The average Bonchev–Trinajstić information content (AvgIpc) is 2.38. The van der Waals surface area contributed by atoms with E-state index in [1.54, 1.807) is 7.11 Å². The van der Waals surface area contributed by atoms with Crippen LogP contribution in [0.25, 0.3) is 0 Å². The Bertz CT molecular complexity index is 445. The molecule has 0 aliphatic carbocycles. The number of hydrogen-bond donors (Lipinski definition) is 1. The predicted molar refractivity (Wildman–Crippen MR) is 82.3 cm³/mol. The highest BCUT2D eigenvalue weighted by Gasteiger charge is 2.19. The first-order valence-corrected chi connectivity index (χ1v) is 7.19. The summed E-state index contributed by atoms with van der Waals surface area (Å²) < 4.78 is 6.34. The highest BCUT2D eigenvalue weighted by molar-refractivity contribution is 9.10. The van der Waals surface area contributed by atoms with Crippen LogP contribution in [0.15, 0.2) is 22.7 Å². The molecule has 1 heterocycles. The third kappa shape index (κ3) is 3.02. The van der Waals surface area contributed by atoms with Crippen LogP contribution in [0.1, 0.15) is 18.4 Å². The molecule has 5 heteroatoms. The van der Waals surface area contributed by atoms with E-state index in [9.17, 15) is 0 Å². The smallest absolute Gasteiger partial charge is 0.105 e. The van der Waals surface area contributed by atoms with Gasteiger partial charge in [0.25, 0.3) is 0 Å². The Morgan fingerprint density at radius 3 is 2.61 bits per heavy atom. The summed E-state index contributed by atoms with van der Waals surface area (Å²) in [6.45, 7) is 2.05. The monoisotopic (exact) mass is 328 g/mol. The fraction of sp³-hybridized carbons (Fsp3) is 0.462. The number of nitrogens with two attached hydrogens (primary N) is 1. The van der Waals surface area contributed by atoms with Crippen molar-refractivity contribution < 1.29 is 4.74 Å². The lowest BCUT2D eigenvalue weighted by atomic mass is 10.1. The molecule has 0 unspecified atom stereocenters. The fourth-order valence-electron chi connectivity index (χ4n) is 2.25. The molecule has 1 aliphatic rings. The summed E-state index contributed by atoms with van der Waals surface area (Å²) >= 11 is 8.52. The molecule has 1 aromatic carbocycles. The molecule has 2 N–H and O–H groups in total. The van der Waals surface area contributed by atoms with Crippen LogP contribution in [0.4, 0.5) is 5.69 Å². The lowest BCUT2D eigenvalue weighted by Crippen LogP contribution is -2.36. The lowest BCUT2D eigenvalue weighted by molar-refractivity contribution is 0.0819. The summed E-state index contributed by atoms with van der Waals surface area (Å²) in [6, 6.07) is 6.14. The maximum atomic E-state index is 5.65. The minimum atomic E-state index is 0.403. The topological polar surface area (TPSA) is 38.5 Å².